The molecule has 3 atom stereocenters. The number of alkyl halides is 2. The Bertz CT molecular complexity index is 820. The molecular formula is C18H23F2N7O. The number of pyridine rings is 1. The van der Waals surface area contributed by atoms with E-state index in [4.69, 9.17) is 0 Å². The van der Waals surface area contributed by atoms with Crippen LogP contribution in [0.3, 0.4) is 0 Å². The van der Waals surface area contributed by atoms with E-state index in [1.807, 2.05) is 19.1 Å². The number of piperazine rings is 1. The van der Waals surface area contributed by atoms with Crippen LogP contribution >= 0.6 is 0 Å². The number of rotatable bonds is 7. The maximum atomic E-state index is 12.7. The molecule has 4 N–H and O–H groups in total. The van der Waals surface area contributed by atoms with Crippen molar-refractivity contribution in [2.45, 2.75) is 37.9 Å². The largest absolute Gasteiger partial charge is 0.394 e. The number of anilines is 4. The van der Waals surface area contributed by atoms with Gasteiger partial charge in [-0.3, -0.25) is 0 Å². The average molecular weight is 391 g/mol. The van der Waals surface area contributed by atoms with E-state index in [1.54, 1.807) is 0 Å². The van der Waals surface area contributed by atoms with Gasteiger partial charge in [-0.1, -0.05) is 0 Å². The van der Waals surface area contributed by atoms with Crippen LogP contribution in [0.5, 0.6) is 0 Å². The monoisotopic (exact) mass is 391 g/mol. The van der Waals surface area contributed by atoms with Crippen LogP contribution in [0.25, 0.3) is 0 Å². The Hall–Kier alpha value is -2.59. The van der Waals surface area contributed by atoms with Crippen LogP contribution in [-0.4, -0.2) is 57.9 Å². The highest BCUT2D eigenvalue weighted by Crippen LogP contribution is 2.32. The van der Waals surface area contributed by atoms with Gasteiger partial charge in [-0.15, -0.1) is 0 Å². The first kappa shape index (κ1) is 18.8. The van der Waals surface area contributed by atoms with Gasteiger partial charge in [0.15, 0.2) is 0 Å². The highest BCUT2D eigenvalue weighted by atomic mass is 19.3. The molecule has 0 aromatic carbocycles. The lowest BCUT2D eigenvalue weighted by atomic mass is 10.2. The predicted octanol–water partition coefficient (Wildman–Crippen LogP) is 1.90. The van der Waals surface area contributed by atoms with Crippen molar-refractivity contribution >= 4 is 23.1 Å². The minimum atomic E-state index is -2.65. The third-order valence-corrected chi connectivity index (χ3v) is 5.02. The van der Waals surface area contributed by atoms with Gasteiger partial charge in [0, 0.05) is 49.0 Å². The summed E-state index contributed by atoms with van der Waals surface area (Å²) >= 11 is 0. The van der Waals surface area contributed by atoms with Gasteiger partial charge in [-0.05, 0) is 13.3 Å². The van der Waals surface area contributed by atoms with Crippen molar-refractivity contribution in [1.82, 2.24) is 20.3 Å². The molecule has 0 radical (unpaired) electrons. The number of aliphatic hydroxyl groups is 1. The van der Waals surface area contributed by atoms with Crippen LogP contribution in [-0.2, 0) is 0 Å². The molecule has 0 amide bonds. The number of nitrogens with zero attached hydrogens (tertiary/aromatic N) is 4. The second-order valence-corrected chi connectivity index (χ2v) is 7.22. The van der Waals surface area contributed by atoms with Crippen LogP contribution < -0.4 is 20.9 Å². The fraction of sp³-hybridized carbons (Fsp3) is 0.500. The highest BCUT2D eigenvalue weighted by Gasteiger charge is 2.37. The van der Waals surface area contributed by atoms with Crippen LogP contribution in [0, 0.1) is 0 Å². The summed E-state index contributed by atoms with van der Waals surface area (Å²) in [6, 6.07) is 4.66. The van der Waals surface area contributed by atoms with E-state index in [9.17, 15) is 13.9 Å². The van der Waals surface area contributed by atoms with Gasteiger partial charge in [0.1, 0.15) is 23.1 Å². The number of halogens is 2. The molecule has 8 nitrogen and oxygen atoms in total. The Morgan fingerprint density at radius 1 is 1.25 bits per heavy atom. The molecule has 2 bridgehead atoms. The van der Waals surface area contributed by atoms with Crippen molar-refractivity contribution in [3.63, 3.8) is 0 Å². The molecule has 2 aliphatic rings. The fourth-order valence-electron chi connectivity index (χ4n) is 3.64. The molecule has 0 spiro atoms. The zero-order chi connectivity index (χ0) is 19.7. The van der Waals surface area contributed by atoms with Crippen molar-refractivity contribution in [2.75, 3.05) is 35.2 Å². The Balaban J connectivity index is 1.59. The van der Waals surface area contributed by atoms with E-state index < -0.39 is 6.43 Å². The summed E-state index contributed by atoms with van der Waals surface area (Å²) in [7, 11) is 0. The number of nitrogens with one attached hydrogen (secondary N) is 3. The van der Waals surface area contributed by atoms with Gasteiger partial charge in [0.2, 0.25) is 0 Å². The molecule has 2 unspecified atom stereocenters. The van der Waals surface area contributed by atoms with Gasteiger partial charge in [-0.25, -0.2) is 23.7 Å². The molecule has 4 heterocycles. The average Bonchev–Trinajstić information content (AvgIpc) is 3.31. The van der Waals surface area contributed by atoms with E-state index in [0.717, 1.165) is 31.4 Å². The minimum absolute atomic E-state index is 0.0203. The second-order valence-electron chi connectivity index (χ2n) is 7.22. The topological polar surface area (TPSA) is 98.2 Å². The van der Waals surface area contributed by atoms with Crippen LogP contribution in [0.4, 0.5) is 31.9 Å². The maximum absolute atomic E-state index is 12.7. The molecule has 28 heavy (non-hydrogen) atoms. The zero-order valence-corrected chi connectivity index (χ0v) is 15.4. The van der Waals surface area contributed by atoms with E-state index in [0.29, 0.717) is 29.5 Å². The van der Waals surface area contributed by atoms with Crippen molar-refractivity contribution in [2.24, 2.45) is 0 Å². The minimum Gasteiger partial charge on any atom is -0.394 e. The van der Waals surface area contributed by atoms with Crippen molar-refractivity contribution < 1.29 is 13.9 Å². The molecular weight excluding hydrogens is 368 g/mol. The molecule has 0 saturated carbocycles. The van der Waals surface area contributed by atoms with E-state index >= 15 is 0 Å². The lowest BCUT2D eigenvalue weighted by Crippen LogP contribution is -2.43. The van der Waals surface area contributed by atoms with Gasteiger partial charge in [0.05, 0.1) is 19.0 Å². The summed E-state index contributed by atoms with van der Waals surface area (Å²) in [4.78, 5) is 14.6. The van der Waals surface area contributed by atoms with Crippen LogP contribution in [0.15, 0.2) is 24.5 Å². The zero-order valence-electron chi connectivity index (χ0n) is 15.4. The first-order chi connectivity index (χ1) is 13.5. The standard InChI is InChI=1S/C18H23F2N7O/c1-10(9-28)24-15-3-12(27-8-11-2-13(27)5-21-11)4-16(25-15)26-17-7-22-14(6-23-17)18(19)20/h3-4,6-7,10-11,13,18,21,28H,2,5,8-9H2,1H3,(H2,23,24,25,26)/t10-,11?,13?/m0/s1. The summed E-state index contributed by atoms with van der Waals surface area (Å²) in [5, 5.41) is 19.0. The third kappa shape index (κ3) is 3.97. The molecule has 2 aromatic rings. The predicted molar refractivity (Wildman–Crippen MR) is 102 cm³/mol. The van der Waals surface area contributed by atoms with E-state index in [1.165, 1.54) is 6.20 Å². The normalized spacial score (nSPS) is 22.0. The molecule has 0 aliphatic carbocycles. The first-order valence-electron chi connectivity index (χ1n) is 9.28. The quantitative estimate of drug-likeness (QED) is 0.568. The number of aromatic nitrogens is 3. The van der Waals surface area contributed by atoms with Gasteiger partial charge >= 0.3 is 0 Å². The van der Waals surface area contributed by atoms with Crippen molar-refractivity contribution in [3.05, 3.63) is 30.2 Å². The number of aliphatic hydroxyl groups excluding tert-OH is 1. The Labute approximate surface area is 161 Å². The van der Waals surface area contributed by atoms with Crippen LogP contribution in [0.1, 0.15) is 25.5 Å². The third-order valence-electron chi connectivity index (χ3n) is 5.02. The van der Waals surface area contributed by atoms with Crippen LogP contribution in [0.2, 0.25) is 0 Å². The first-order valence-corrected chi connectivity index (χ1v) is 9.28. The highest BCUT2D eigenvalue weighted by molar-refractivity contribution is 5.66. The molecule has 2 saturated heterocycles. The van der Waals surface area contributed by atoms with Gasteiger partial charge < -0.3 is 26.0 Å². The summed E-state index contributed by atoms with van der Waals surface area (Å²) in [5.41, 5.74) is 0.642. The summed E-state index contributed by atoms with van der Waals surface area (Å²) in [6.45, 7) is 3.71. The lowest BCUT2D eigenvalue weighted by molar-refractivity contribution is 0.145. The maximum Gasteiger partial charge on any atom is 0.281 e. The van der Waals surface area contributed by atoms with E-state index in [-0.39, 0.29) is 18.3 Å². The molecule has 2 fully saturated rings. The molecule has 150 valence electrons. The number of hydrogen-bond acceptors (Lipinski definition) is 8. The second kappa shape index (κ2) is 7.80. The van der Waals surface area contributed by atoms with Gasteiger partial charge in [0.25, 0.3) is 6.43 Å². The fourth-order valence-corrected chi connectivity index (χ4v) is 3.64. The summed E-state index contributed by atoms with van der Waals surface area (Å²) in [5.74, 6) is 1.48. The Kier molecular flexibility index (Phi) is 5.23. The molecule has 4 rings (SSSR count). The lowest BCUT2D eigenvalue weighted by Gasteiger charge is -2.30. The van der Waals surface area contributed by atoms with Crippen molar-refractivity contribution in [3.8, 4) is 0 Å². The van der Waals surface area contributed by atoms with E-state index in [2.05, 4.69) is 35.8 Å². The van der Waals surface area contributed by atoms with Crippen molar-refractivity contribution in [1.29, 1.82) is 0 Å². The number of fused-ring (bicyclic) bond motifs is 2. The van der Waals surface area contributed by atoms with Gasteiger partial charge in [-0.2, -0.15) is 0 Å². The Morgan fingerprint density at radius 3 is 2.68 bits per heavy atom. The number of hydrogen-bond donors (Lipinski definition) is 4. The summed E-state index contributed by atoms with van der Waals surface area (Å²) < 4.78 is 25.3. The SMILES string of the molecule is C[C@@H](CO)Nc1cc(N2CC3CC2CN3)cc(Nc2cnc(C(F)F)cn2)n1. The molecule has 2 aliphatic heterocycles. The smallest absolute Gasteiger partial charge is 0.281 e. The Morgan fingerprint density at radius 2 is 2.07 bits per heavy atom. The molecule has 10 heteroatoms. The summed E-state index contributed by atoms with van der Waals surface area (Å²) in [6.07, 6.45) is 0.773. The molecule has 2 aromatic heterocycles.